The zero-order chi connectivity index (χ0) is 26.2. The van der Waals surface area contributed by atoms with Crippen LogP contribution in [0.5, 0.6) is 5.88 Å². The molecule has 0 radical (unpaired) electrons. The Labute approximate surface area is 219 Å². The van der Waals surface area contributed by atoms with Crippen LogP contribution >= 0.6 is 0 Å². The molecular formula is C30H37N3O4. The van der Waals surface area contributed by atoms with Crippen molar-refractivity contribution in [2.75, 3.05) is 31.6 Å². The van der Waals surface area contributed by atoms with E-state index >= 15 is 0 Å². The lowest BCUT2D eigenvalue weighted by Crippen LogP contribution is -2.65. The minimum atomic E-state index is -0.534. The monoisotopic (exact) mass is 503 g/mol. The van der Waals surface area contributed by atoms with Crippen molar-refractivity contribution in [3.8, 4) is 5.88 Å². The molecule has 7 heteroatoms. The lowest BCUT2D eigenvalue weighted by molar-refractivity contribution is -0.00491. The van der Waals surface area contributed by atoms with Gasteiger partial charge in [0.05, 0.1) is 31.8 Å². The highest BCUT2D eigenvalue weighted by molar-refractivity contribution is 5.89. The van der Waals surface area contributed by atoms with E-state index in [1.54, 1.807) is 11.1 Å². The lowest BCUT2D eigenvalue weighted by atomic mass is 9.79. The smallest absolute Gasteiger partial charge is 0.410 e. The third kappa shape index (κ3) is 5.37. The molecule has 0 bridgehead atoms. The maximum Gasteiger partial charge on any atom is 0.410 e. The molecule has 0 spiro atoms. The molecule has 5 rings (SSSR count). The van der Waals surface area contributed by atoms with Crippen molar-refractivity contribution in [1.82, 2.24) is 9.88 Å². The quantitative estimate of drug-likeness (QED) is 0.463. The fourth-order valence-electron chi connectivity index (χ4n) is 5.19. The van der Waals surface area contributed by atoms with E-state index in [9.17, 15) is 4.79 Å². The number of nitrogens with one attached hydrogen (secondary N) is 1. The topological polar surface area (TPSA) is 72.9 Å². The fourth-order valence-corrected chi connectivity index (χ4v) is 5.19. The standard InChI is InChI=1S/C30H37N3O4/c1-20-7-6-8-26(21(20)2)30(18-33(19-30)28(34)37-29(3,4)5)32-23-10-9-22-11-14-31-27(25(22)17-23)36-24-12-15-35-16-13-24/h6-11,14,17,24,32H,12-13,15-16,18-19H2,1-5H3. The third-order valence-corrected chi connectivity index (χ3v) is 7.25. The Morgan fingerprint density at radius 1 is 1.11 bits per heavy atom. The number of rotatable bonds is 5. The predicted octanol–water partition coefficient (Wildman–Crippen LogP) is 5.97. The maximum atomic E-state index is 12.8. The molecule has 1 N–H and O–H groups in total. The molecule has 2 aliphatic rings. The molecule has 2 aliphatic heterocycles. The van der Waals surface area contributed by atoms with Gasteiger partial charge in [-0.3, -0.25) is 0 Å². The van der Waals surface area contributed by atoms with Crippen LogP contribution in [-0.4, -0.2) is 54.0 Å². The molecule has 3 heterocycles. The van der Waals surface area contributed by atoms with Gasteiger partial charge in [0.15, 0.2) is 0 Å². The molecule has 0 unspecified atom stereocenters. The number of benzene rings is 2. The van der Waals surface area contributed by atoms with Crippen LogP contribution in [0.25, 0.3) is 10.8 Å². The molecule has 196 valence electrons. The number of nitrogens with zero attached hydrogens (tertiary/aromatic N) is 2. The van der Waals surface area contributed by atoms with E-state index in [4.69, 9.17) is 14.2 Å². The van der Waals surface area contributed by atoms with Gasteiger partial charge in [-0.25, -0.2) is 9.78 Å². The highest BCUT2D eigenvalue weighted by atomic mass is 16.6. The summed E-state index contributed by atoms with van der Waals surface area (Å²) in [5.74, 6) is 0.651. The molecule has 3 aromatic rings. The van der Waals surface area contributed by atoms with Crippen molar-refractivity contribution >= 4 is 22.6 Å². The minimum Gasteiger partial charge on any atom is -0.474 e. The molecule has 37 heavy (non-hydrogen) atoms. The Morgan fingerprint density at radius 3 is 2.59 bits per heavy atom. The number of likely N-dealkylation sites (tertiary alicyclic amines) is 1. The average molecular weight is 504 g/mol. The van der Waals surface area contributed by atoms with Gasteiger partial charge >= 0.3 is 6.09 Å². The van der Waals surface area contributed by atoms with Gasteiger partial charge in [-0.15, -0.1) is 0 Å². The molecule has 0 aliphatic carbocycles. The van der Waals surface area contributed by atoms with Gasteiger partial charge in [-0.1, -0.05) is 24.3 Å². The maximum absolute atomic E-state index is 12.8. The number of fused-ring (bicyclic) bond motifs is 1. The van der Waals surface area contributed by atoms with Crippen LogP contribution in [0, 0.1) is 13.8 Å². The second kappa shape index (κ2) is 9.86. The van der Waals surface area contributed by atoms with Crippen molar-refractivity contribution in [3.05, 3.63) is 65.4 Å². The number of ether oxygens (including phenoxy) is 3. The summed E-state index contributed by atoms with van der Waals surface area (Å²) in [6.45, 7) is 12.4. The number of aryl methyl sites for hydroxylation is 1. The van der Waals surface area contributed by atoms with Crippen LogP contribution in [0.4, 0.5) is 10.5 Å². The fraction of sp³-hybridized carbons (Fsp3) is 0.467. The lowest BCUT2D eigenvalue weighted by Gasteiger charge is -2.51. The van der Waals surface area contributed by atoms with Crippen molar-refractivity contribution in [2.45, 2.75) is 64.7 Å². The Kier molecular flexibility index (Phi) is 6.75. The number of aromatic nitrogens is 1. The SMILES string of the molecule is Cc1cccc(C2(Nc3ccc4ccnc(OC5CCOCC5)c4c3)CN(C(=O)OC(C)(C)C)C2)c1C. The van der Waals surface area contributed by atoms with Gasteiger partial charge < -0.3 is 24.4 Å². The number of amides is 1. The van der Waals surface area contributed by atoms with Crippen LogP contribution < -0.4 is 10.1 Å². The molecule has 1 amide bonds. The van der Waals surface area contributed by atoms with Crippen LogP contribution in [0.3, 0.4) is 0 Å². The Balaban J connectivity index is 1.45. The summed E-state index contributed by atoms with van der Waals surface area (Å²) in [4.78, 5) is 19.1. The number of carbonyl (C=O) groups is 1. The zero-order valence-electron chi connectivity index (χ0n) is 22.5. The van der Waals surface area contributed by atoms with E-state index in [1.165, 1.54) is 16.7 Å². The summed E-state index contributed by atoms with van der Waals surface area (Å²) in [6.07, 6.45) is 3.36. The summed E-state index contributed by atoms with van der Waals surface area (Å²) in [5.41, 5.74) is 3.65. The Morgan fingerprint density at radius 2 is 1.86 bits per heavy atom. The van der Waals surface area contributed by atoms with Crippen LogP contribution in [0.2, 0.25) is 0 Å². The van der Waals surface area contributed by atoms with Gasteiger partial charge in [-0.2, -0.15) is 0 Å². The van der Waals surface area contributed by atoms with Gasteiger partial charge in [0, 0.05) is 30.1 Å². The first kappa shape index (κ1) is 25.3. The van der Waals surface area contributed by atoms with Crippen molar-refractivity contribution in [1.29, 1.82) is 0 Å². The predicted molar refractivity (Wildman–Crippen MR) is 145 cm³/mol. The Hall–Kier alpha value is -3.32. The van der Waals surface area contributed by atoms with Gasteiger partial charge in [0.2, 0.25) is 5.88 Å². The number of pyridine rings is 1. The molecule has 0 saturated carbocycles. The van der Waals surface area contributed by atoms with Crippen molar-refractivity contribution < 1.29 is 19.0 Å². The van der Waals surface area contributed by atoms with E-state index < -0.39 is 11.1 Å². The Bertz CT molecular complexity index is 1290. The largest absolute Gasteiger partial charge is 0.474 e. The zero-order valence-corrected chi connectivity index (χ0v) is 22.5. The molecule has 2 saturated heterocycles. The summed E-state index contributed by atoms with van der Waals surface area (Å²) in [6, 6.07) is 14.7. The third-order valence-electron chi connectivity index (χ3n) is 7.25. The van der Waals surface area contributed by atoms with Crippen LogP contribution in [0.15, 0.2) is 48.7 Å². The van der Waals surface area contributed by atoms with Crippen LogP contribution in [0.1, 0.15) is 50.3 Å². The summed E-state index contributed by atoms with van der Waals surface area (Å²) < 4.78 is 17.4. The second-order valence-electron chi connectivity index (χ2n) is 11.3. The minimum absolute atomic E-state index is 0.110. The number of hydrogen-bond donors (Lipinski definition) is 1. The molecule has 2 aromatic carbocycles. The summed E-state index contributed by atoms with van der Waals surface area (Å²) >= 11 is 0. The number of hydrogen-bond acceptors (Lipinski definition) is 6. The molecule has 2 fully saturated rings. The normalized spacial score (nSPS) is 17.8. The van der Waals surface area contributed by atoms with E-state index in [0.717, 1.165) is 42.5 Å². The van der Waals surface area contributed by atoms with E-state index in [1.807, 2.05) is 26.8 Å². The van der Waals surface area contributed by atoms with E-state index in [-0.39, 0.29) is 12.2 Å². The van der Waals surface area contributed by atoms with Crippen molar-refractivity contribution in [3.63, 3.8) is 0 Å². The first-order valence-electron chi connectivity index (χ1n) is 13.1. The molecular weight excluding hydrogens is 466 g/mol. The number of carbonyl (C=O) groups excluding carboxylic acids is 1. The molecule has 0 atom stereocenters. The number of anilines is 1. The first-order valence-corrected chi connectivity index (χ1v) is 13.1. The van der Waals surface area contributed by atoms with E-state index in [2.05, 4.69) is 60.5 Å². The van der Waals surface area contributed by atoms with Crippen molar-refractivity contribution in [2.24, 2.45) is 0 Å². The highest BCUT2D eigenvalue weighted by Gasteiger charge is 2.48. The van der Waals surface area contributed by atoms with Gasteiger partial charge in [-0.05, 0) is 74.9 Å². The summed E-state index contributed by atoms with van der Waals surface area (Å²) in [7, 11) is 0. The average Bonchev–Trinajstić information content (AvgIpc) is 2.83. The molecule has 7 nitrogen and oxygen atoms in total. The first-order chi connectivity index (χ1) is 17.6. The summed E-state index contributed by atoms with van der Waals surface area (Å²) in [5, 5.41) is 5.84. The van der Waals surface area contributed by atoms with Crippen LogP contribution in [-0.2, 0) is 15.0 Å². The second-order valence-corrected chi connectivity index (χ2v) is 11.3. The van der Waals surface area contributed by atoms with Gasteiger partial charge in [0.25, 0.3) is 0 Å². The van der Waals surface area contributed by atoms with E-state index in [0.29, 0.717) is 19.0 Å². The van der Waals surface area contributed by atoms with Gasteiger partial charge in [0.1, 0.15) is 11.7 Å². The molecule has 1 aromatic heterocycles. The highest BCUT2D eigenvalue weighted by Crippen LogP contribution is 2.40.